The molecule has 0 amide bonds. The lowest BCUT2D eigenvalue weighted by Gasteiger charge is -2.56. The van der Waals surface area contributed by atoms with Crippen LogP contribution in [0.2, 0.25) is 0 Å². The zero-order chi connectivity index (χ0) is 21.0. The smallest absolute Gasteiger partial charge is 0.0543 e. The number of rotatable bonds is 5. The SMILES string of the molecule is CC(C)[C@@H](C)CC[C@@H](C)[C@H]1CCC2=C3CC[C@H]4C[C@@H](O)CC[C@]4(C)[C@@H]3CC[C@@]21C. The van der Waals surface area contributed by atoms with Crippen molar-refractivity contribution in [3.8, 4) is 0 Å². The summed E-state index contributed by atoms with van der Waals surface area (Å²) >= 11 is 0. The van der Waals surface area contributed by atoms with Crippen LogP contribution in [0.4, 0.5) is 0 Å². The van der Waals surface area contributed by atoms with Crippen molar-refractivity contribution in [2.45, 2.75) is 118 Å². The molecular weight excluding hydrogens is 352 g/mol. The van der Waals surface area contributed by atoms with Crippen LogP contribution in [0.25, 0.3) is 0 Å². The second-order valence-corrected chi connectivity index (χ2v) is 12.6. The third-order valence-electron chi connectivity index (χ3n) is 10.9. The van der Waals surface area contributed by atoms with Crippen molar-refractivity contribution in [1.29, 1.82) is 0 Å². The third-order valence-corrected chi connectivity index (χ3v) is 10.9. The molecule has 3 fully saturated rings. The maximum atomic E-state index is 10.3. The lowest BCUT2D eigenvalue weighted by atomic mass is 9.49. The lowest BCUT2D eigenvalue weighted by Crippen LogP contribution is -2.48. The van der Waals surface area contributed by atoms with Gasteiger partial charge in [0.05, 0.1) is 6.10 Å². The van der Waals surface area contributed by atoms with Gasteiger partial charge in [0.2, 0.25) is 0 Å². The fourth-order valence-corrected chi connectivity index (χ4v) is 8.48. The van der Waals surface area contributed by atoms with Crippen molar-refractivity contribution in [2.75, 3.05) is 0 Å². The van der Waals surface area contributed by atoms with Gasteiger partial charge in [-0.2, -0.15) is 0 Å². The summed E-state index contributed by atoms with van der Waals surface area (Å²) in [4.78, 5) is 0. The highest BCUT2D eigenvalue weighted by atomic mass is 16.3. The zero-order valence-corrected chi connectivity index (χ0v) is 20.3. The molecule has 0 aromatic rings. The van der Waals surface area contributed by atoms with Gasteiger partial charge in [-0.1, -0.05) is 65.5 Å². The molecule has 3 saturated carbocycles. The van der Waals surface area contributed by atoms with E-state index in [-0.39, 0.29) is 6.10 Å². The van der Waals surface area contributed by atoms with E-state index in [2.05, 4.69) is 41.5 Å². The molecule has 0 aliphatic heterocycles. The van der Waals surface area contributed by atoms with Gasteiger partial charge in [0.15, 0.2) is 0 Å². The Morgan fingerprint density at radius 1 is 0.931 bits per heavy atom. The molecule has 0 aromatic carbocycles. The Balaban J connectivity index is 1.53. The molecule has 0 spiro atoms. The first-order chi connectivity index (χ1) is 13.7. The Morgan fingerprint density at radius 2 is 1.69 bits per heavy atom. The van der Waals surface area contributed by atoms with Crippen LogP contribution < -0.4 is 0 Å². The van der Waals surface area contributed by atoms with Gasteiger partial charge in [-0.25, -0.2) is 0 Å². The molecule has 0 aromatic heterocycles. The predicted molar refractivity (Wildman–Crippen MR) is 124 cm³/mol. The first-order valence-electron chi connectivity index (χ1n) is 13.1. The van der Waals surface area contributed by atoms with E-state index >= 15 is 0 Å². The molecule has 29 heavy (non-hydrogen) atoms. The van der Waals surface area contributed by atoms with E-state index in [0.29, 0.717) is 10.8 Å². The third kappa shape index (κ3) is 3.66. The summed E-state index contributed by atoms with van der Waals surface area (Å²) in [5, 5.41) is 10.3. The van der Waals surface area contributed by atoms with Crippen molar-refractivity contribution < 1.29 is 5.11 Å². The van der Waals surface area contributed by atoms with E-state index in [1.165, 1.54) is 57.8 Å². The number of fused-ring (bicyclic) bond motifs is 4. The Hall–Kier alpha value is -0.300. The van der Waals surface area contributed by atoms with Gasteiger partial charge >= 0.3 is 0 Å². The van der Waals surface area contributed by atoms with Crippen molar-refractivity contribution in [3.63, 3.8) is 0 Å². The minimum Gasteiger partial charge on any atom is -0.393 e. The van der Waals surface area contributed by atoms with E-state index in [4.69, 9.17) is 0 Å². The quantitative estimate of drug-likeness (QED) is 0.467. The molecular formula is C28H48O. The Kier molecular flexibility index (Phi) is 6.04. The van der Waals surface area contributed by atoms with E-state index in [0.717, 1.165) is 48.3 Å². The monoisotopic (exact) mass is 400 g/mol. The van der Waals surface area contributed by atoms with E-state index < -0.39 is 0 Å². The zero-order valence-electron chi connectivity index (χ0n) is 20.3. The average Bonchev–Trinajstić information content (AvgIpc) is 3.03. The fourth-order valence-electron chi connectivity index (χ4n) is 8.48. The standard InChI is InChI=1S/C28H48O/c1-18(2)19(3)7-8-20(4)24-11-12-25-23-10-9-21-17-22(29)13-15-27(21,5)26(23)14-16-28(24,25)6/h18-22,24,26,29H,7-17H2,1-6H3/t19-,20+,21-,22-,24+,26+,27-,28+/m0/s1. The van der Waals surface area contributed by atoms with Gasteiger partial charge in [-0.15, -0.1) is 0 Å². The Morgan fingerprint density at radius 3 is 2.41 bits per heavy atom. The summed E-state index contributed by atoms with van der Waals surface area (Å²) in [5.41, 5.74) is 4.80. The van der Waals surface area contributed by atoms with Gasteiger partial charge in [0.25, 0.3) is 0 Å². The predicted octanol–water partition coefficient (Wildman–Crippen LogP) is 7.78. The second-order valence-electron chi connectivity index (χ2n) is 12.6. The van der Waals surface area contributed by atoms with Gasteiger partial charge in [0.1, 0.15) is 0 Å². The minimum atomic E-state index is -0.0268. The topological polar surface area (TPSA) is 20.2 Å². The van der Waals surface area contributed by atoms with Crippen LogP contribution in [-0.4, -0.2) is 11.2 Å². The van der Waals surface area contributed by atoms with E-state index in [1.54, 1.807) is 0 Å². The van der Waals surface area contributed by atoms with Crippen molar-refractivity contribution >= 4 is 0 Å². The fraction of sp³-hybridized carbons (Fsp3) is 0.929. The number of hydrogen-bond donors (Lipinski definition) is 1. The van der Waals surface area contributed by atoms with E-state index in [9.17, 15) is 5.11 Å². The van der Waals surface area contributed by atoms with Crippen molar-refractivity contribution in [2.24, 2.45) is 46.3 Å². The largest absolute Gasteiger partial charge is 0.393 e. The summed E-state index contributed by atoms with van der Waals surface area (Å²) in [7, 11) is 0. The summed E-state index contributed by atoms with van der Waals surface area (Å²) in [6.45, 7) is 15.0. The van der Waals surface area contributed by atoms with Gasteiger partial charge < -0.3 is 5.11 Å². The van der Waals surface area contributed by atoms with Crippen LogP contribution in [0.3, 0.4) is 0 Å². The van der Waals surface area contributed by atoms with E-state index in [1.807, 2.05) is 11.1 Å². The van der Waals surface area contributed by atoms with Crippen LogP contribution in [0.15, 0.2) is 11.1 Å². The number of aliphatic hydroxyl groups excluding tert-OH is 1. The molecule has 0 unspecified atom stereocenters. The summed E-state index contributed by atoms with van der Waals surface area (Å²) in [5.74, 6) is 5.04. The maximum absolute atomic E-state index is 10.3. The maximum Gasteiger partial charge on any atom is 0.0543 e. The van der Waals surface area contributed by atoms with Crippen LogP contribution >= 0.6 is 0 Å². The molecule has 0 saturated heterocycles. The first kappa shape index (κ1) is 21.9. The number of allylic oxidation sites excluding steroid dienone is 2. The summed E-state index contributed by atoms with van der Waals surface area (Å²) < 4.78 is 0. The van der Waals surface area contributed by atoms with Gasteiger partial charge in [-0.05, 0) is 104 Å². The summed E-state index contributed by atoms with van der Waals surface area (Å²) in [6, 6.07) is 0. The second kappa shape index (κ2) is 7.99. The molecule has 1 N–H and O–H groups in total. The van der Waals surface area contributed by atoms with Crippen LogP contribution in [-0.2, 0) is 0 Å². The minimum absolute atomic E-state index is 0.0268. The average molecular weight is 401 g/mol. The molecule has 4 aliphatic carbocycles. The molecule has 4 aliphatic rings. The Labute approximate surface area is 181 Å². The van der Waals surface area contributed by atoms with Crippen LogP contribution in [0.5, 0.6) is 0 Å². The van der Waals surface area contributed by atoms with Gasteiger partial charge in [-0.3, -0.25) is 0 Å². The first-order valence-corrected chi connectivity index (χ1v) is 13.1. The number of hydrogen-bond acceptors (Lipinski definition) is 1. The van der Waals surface area contributed by atoms with Crippen molar-refractivity contribution in [3.05, 3.63) is 11.1 Å². The molecule has 4 rings (SSSR count). The van der Waals surface area contributed by atoms with Crippen LogP contribution in [0.1, 0.15) is 112 Å². The molecule has 1 heteroatoms. The summed E-state index contributed by atoms with van der Waals surface area (Å²) in [6.07, 6.45) is 14.5. The van der Waals surface area contributed by atoms with Crippen LogP contribution in [0, 0.1) is 46.3 Å². The highest BCUT2D eigenvalue weighted by molar-refractivity contribution is 5.34. The molecule has 166 valence electrons. The van der Waals surface area contributed by atoms with Gasteiger partial charge in [0, 0.05) is 0 Å². The molecule has 0 radical (unpaired) electrons. The van der Waals surface area contributed by atoms with Crippen molar-refractivity contribution in [1.82, 2.24) is 0 Å². The lowest BCUT2D eigenvalue weighted by molar-refractivity contribution is -0.0381. The highest BCUT2D eigenvalue weighted by Gasteiger charge is 2.55. The number of aliphatic hydroxyl groups is 1. The molecule has 1 nitrogen and oxygen atoms in total. The highest BCUT2D eigenvalue weighted by Crippen LogP contribution is 2.65. The molecule has 0 heterocycles. The Bertz CT molecular complexity index is 632. The molecule has 8 atom stereocenters. The normalized spacial score (nSPS) is 44.3. The molecule has 0 bridgehead atoms.